The maximum absolute atomic E-state index is 11.2. The number of rotatable bonds is 4. The lowest BCUT2D eigenvalue weighted by Crippen LogP contribution is -2.44. The summed E-state index contributed by atoms with van der Waals surface area (Å²) in [5.41, 5.74) is 2.63. The second-order valence-corrected chi connectivity index (χ2v) is 13.3. The Morgan fingerprint density at radius 2 is 1.86 bits per heavy atom. The van der Waals surface area contributed by atoms with Crippen molar-refractivity contribution >= 4 is 14.1 Å². The smallest absolute Gasteiger partial charge is 0.192 e. The third-order valence-electron chi connectivity index (χ3n) is 5.06. The minimum atomic E-state index is -1.77. The number of allylic oxidation sites excluding steroid dienone is 3. The molecular weight excluding hydrogens is 276 g/mol. The molecule has 0 saturated carbocycles. The normalized spacial score (nSPS) is 23.2. The van der Waals surface area contributed by atoms with Crippen molar-refractivity contribution in [3.63, 3.8) is 0 Å². The van der Waals surface area contributed by atoms with Crippen molar-refractivity contribution in [2.75, 3.05) is 0 Å². The van der Waals surface area contributed by atoms with E-state index >= 15 is 0 Å². The molecule has 1 unspecified atom stereocenters. The highest BCUT2D eigenvalue weighted by atomic mass is 28.4. The lowest BCUT2D eigenvalue weighted by Gasteiger charge is -2.39. The zero-order chi connectivity index (χ0) is 16.6. The van der Waals surface area contributed by atoms with Crippen molar-refractivity contribution in [2.45, 2.75) is 79.1 Å². The van der Waals surface area contributed by atoms with Gasteiger partial charge in [0.15, 0.2) is 14.1 Å². The van der Waals surface area contributed by atoms with Gasteiger partial charge in [-0.3, -0.25) is 4.79 Å². The van der Waals surface area contributed by atoms with Crippen molar-refractivity contribution in [1.29, 1.82) is 0 Å². The van der Waals surface area contributed by atoms with Crippen molar-refractivity contribution in [3.8, 4) is 0 Å². The molecule has 120 valence electrons. The number of carbonyl (C=O) groups excluding carboxylic acids is 1. The maximum Gasteiger partial charge on any atom is 0.192 e. The van der Waals surface area contributed by atoms with Gasteiger partial charge < -0.3 is 4.43 Å². The molecule has 1 aliphatic carbocycles. The quantitative estimate of drug-likeness (QED) is 0.522. The van der Waals surface area contributed by atoms with Crippen LogP contribution >= 0.6 is 0 Å². The highest BCUT2D eigenvalue weighted by molar-refractivity contribution is 6.74. The molecule has 0 saturated heterocycles. The SMILES string of the molecule is CC(=O)/C=C/C1=C(C)C(O[Si](C)(C)C(C)(C)C)CC1(C)C. The minimum Gasteiger partial charge on any atom is -0.410 e. The molecule has 3 heteroatoms. The highest BCUT2D eigenvalue weighted by Gasteiger charge is 2.44. The first-order valence-electron chi connectivity index (χ1n) is 7.86. The third kappa shape index (κ3) is 4.16. The summed E-state index contributed by atoms with van der Waals surface area (Å²) < 4.78 is 6.61. The van der Waals surface area contributed by atoms with Crippen molar-refractivity contribution in [2.24, 2.45) is 5.41 Å². The molecule has 1 rings (SSSR count). The van der Waals surface area contributed by atoms with Gasteiger partial charge in [-0.2, -0.15) is 0 Å². The highest BCUT2D eigenvalue weighted by Crippen LogP contribution is 2.47. The summed E-state index contributed by atoms with van der Waals surface area (Å²) in [6.45, 7) is 19.7. The van der Waals surface area contributed by atoms with Crippen LogP contribution in [0.4, 0.5) is 0 Å². The van der Waals surface area contributed by atoms with E-state index in [1.807, 2.05) is 6.08 Å². The maximum atomic E-state index is 11.2. The van der Waals surface area contributed by atoms with Crippen LogP contribution in [0.1, 0.15) is 54.9 Å². The van der Waals surface area contributed by atoms with Crippen LogP contribution in [-0.2, 0) is 9.22 Å². The van der Waals surface area contributed by atoms with E-state index < -0.39 is 8.32 Å². The lowest BCUT2D eigenvalue weighted by molar-refractivity contribution is -0.112. The van der Waals surface area contributed by atoms with Gasteiger partial charge in [0.1, 0.15) is 0 Å². The van der Waals surface area contributed by atoms with Gasteiger partial charge in [-0.1, -0.05) is 40.7 Å². The topological polar surface area (TPSA) is 26.3 Å². The first-order chi connectivity index (χ1) is 9.28. The predicted octanol–water partition coefficient (Wildman–Crippen LogP) is 5.27. The Hall–Kier alpha value is -0.673. The third-order valence-corrected chi connectivity index (χ3v) is 9.55. The molecule has 0 bridgehead atoms. The summed E-state index contributed by atoms with van der Waals surface area (Å²) >= 11 is 0. The van der Waals surface area contributed by atoms with Crippen LogP contribution in [0.25, 0.3) is 0 Å². The average Bonchev–Trinajstić information content (AvgIpc) is 2.44. The molecule has 0 fully saturated rings. The molecule has 0 aliphatic heterocycles. The number of ketones is 1. The lowest BCUT2D eigenvalue weighted by atomic mass is 9.85. The van der Waals surface area contributed by atoms with Gasteiger partial charge in [0.05, 0.1) is 6.10 Å². The van der Waals surface area contributed by atoms with E-state index in [2.05, 4.69) is 54.6 Å². The summed E-state index contributed by atoms with van der Waals surface area (Å²) in [5, 5.41) is 0.218. The fourth-order valence-corrected chi connectivity index (χ4v) is 3.98. The summed E-state index contributed by atoms with van der Waals surface area (Å²) in [5.74, 6) is 0.0971. The molecule has 21 heavy (non-hydrogen) atoms. The van der Waals surface area contributed by atoms with Gasteiger partial charge in [0, 0.05) is 0 Å². The molecule has 2 nitrogen and oxygen atoms in total. The first kappa shape index (κ1) is 18.4. The minimum absolute atomic E-state index is 0.0725. The number of hydrogen-bond donors (Lipinski definition) is 0. The van der Waals surface area contributed by atoms with Crippen LogP contribution in [-0.4, -0.2) is 20.2 Å². The van der Waals surface area contributed by atoms with E-state index in [0.717, 1.165) is 6.42 Å². The Bertz CT molecular complexity index is 476. The van der Waals surface area contributed by atoms with Crippen molar-refractivity contribution < 1.29 is 9.22 Å². The summed E-state index contributed by atoms with van der Waals surface area (Å²) in [6, 6.07) is 0. The number of carbonyl (C=O) groups is 1. The molecule has 0 aromatic heterocycles. The Kier molecular flexibility index (Phi) is 5.11. The van der Waals surface area contributed by atoms with Crippen LogP contribution in [0.15, 0.2) is 23.3 Å². The van der Waals surface area contributed by atoms with Gasteiger partial charge in [0.25, 0.3) is 0 Å². The largest absolute Gasteiger partial charge is 0.410 e. The van der Waals surface area contributed by atoms with Crippen molar-refractivity contribution in [3.05, 3.63) is 23.3 Å². The van der Waals surface area contributed by atoms with Crippen LogP contribution in [0, 0.1) is 5.41 Å². The number of hydrogen-bond acceptors (Lipinski definition) is 2. The molecule has 0 heterocycles. The first-order valence-corrected chi connectivity index (χ1v) is 10.8. The van der Waals surface area contributed by atoms with E-state index in [9.17, 15) is 4.79 Å². The van der Waals surface area contributed by atoms with Crippen LogP contribution in [0.2, 0.25) is 18.1 Å². The van der Waals surface area contributed by atoms with E-state index in [1.165, 1.54) is 11.1 Å². The second kappa shape index (κ2) is 5.84. The summed E-state index contributed by atoms with van der Waals surface area (Å²) in [4.78, 5) is 11.2. The van der Waals surface area contributed by atoms with Gasteiger partial charge in [-0.15, -0.1) is 0 Å². The zero-order valence-electron chi connectivity index (χ0n) is 15.3. The molecular formula is C18H32O2Si. The van der Waals surface area contributed by atoms with Gasteiger partial charge in [0.2, 0.25) is 0 Å². The molecule has 0 aromatic rings. The van der Waals surface area contributed by atoms with E-state index in [0.29, 0.717) is 0 Å². The van der Waals surface area contributed by atoms with Crippen molar-refractivity contribution in [1.82, 2.24) is 0 Å². The fraction of sp³-hybridized carbons (Fsp3) is 0.722. The van der Waals surface area contributed by atoms with E-state index in [1.54, 1.807) is 13.0 Å². The Morgan fingerprint density at radius 1 is 1.33 bits per heavy atom. The summed E-state index contributed by atoms with van der Waals surface area (Å²) in [7, 11) is -1.77. The Balaban J connectivity index is 3.06. The Labute approximate surface area is 131 Å². The van der Waals surface area contributed by atoms with Gasteiger partial charge in [-0.05, 0) is 61.0 Å². The van der Waals surface area contributed by atoms with Gasteiger partial charge >= 0.3 is 0 Å². The molecule has 0 radical (unpaired) electrons. The van der Waals surface area contributed by atoms with Gasteiger partial charge in [-0.25, -0.2) is 0 Å². The van der Waals surface area contributed by atoms with Crippen LogP contribution in [0.5, 0.6) is 0 Å². The standard InChI is InChI=1S/C18H32O2Si/c1-13(19)10-11-15-14(2)16(12-18(15,6)7)20-21(8,9)17(3,4)5/h10-11,16H,12H2,1-9H3/b11-10+. The zero-order valence-corrected chi connectivity index (χ0v) is 16.3. The average molecular weight is 309 g/mol. The van der Waals surface area contributed by atoms with Crippen LogP contribution < -0.4 is 0 Å². The molecule has 0 N–H and O–H groups in total. The Morgan fingerprint density at radius 3 is 2.29 bits per heavy atom. The summed E-state index contributed by atoms with van der Waals surface area (Å²) in [6.07, 6.45) is 4.86. The molecule has 1 aliphatic rings. The van der Waals surface area contributed by atoms with E-state index in [-0.39, 0.29) is 22.3 Å². The second-order valence-electron chi connectivity index (χ2n) is 8.50. The van der Waals surface area contributed by atoms with E-state index in [4.69, 9.17) is 4.43 Å². The molecule has 1 atom stereocenters. The molecule has 0 aromatic carbocycles. The molecule has 0 spiro atoms. The van der Waals surface area contributed by atoms with Crippen LogP contribution in [0.3, 0.4) is 0 Å². The fourth-order valence-electron chi connectivity index (χ4n) is 2.65. The molecule has 0 amide bonds. The monoisotopic (exact) mass is 308 g/mol. The predicted molar refractivity (Wildman–Crippen MR) is 93.0 cm³/mol.